The summed E-state index contributed by atoms with van der Waals surface area (Å²) in [6.07, 6.45) is 0. The smallest absolute Gasteiger partial charge is 0.142 e. The van der Waals surface area contributed by atoms with Crippen molar-refractivity contribution in [3.8, 4) is 0 Å². The van der Waals surface area contributed by atoms with Crippen molar-refractivity contribution in [2.24, 2.45) is 0 Å². The monoisotopic (exact) mass is 285 g/mol. The van der Waals surface area contributed by atoms with Crippen LogP contribution in [0.4, 0.5) is 14.5 Å². The first kappa shape index (κ1) is 13.2. The number of anilines is 1. The van der Waals surface area contributed by atoms with E-state index < -0.39 is 5.82 Å². The largest absolute Gasteiger partial charge is 0.399 e. The molecule has 18 heavy (non-hydrogen) atoms. The zero-order chi connectivity index (χ0) is 13.1. The van der Waals surface area contributed by atoms with Gasteiger partial charge in [0.2, 0.25) is 0 Å². The number of nitrogens with two attached hydrogens (primary N) is 1. The summed E-state index contributed by atoms with van der Waals surface area (Å²) in [5, 5.41) is 0.0961. The number of hydrogen-bond donors (Lipinski definition) is 1. The van der Waals surface area contributed by atoms with Crippen LogP contribution in [-0.2, 0) is 5.75 Å². The van der Waals surface area contributed by atoms with Crippen LogP contribution in [0.1, 0.15) is 5.56 Å². The number of nitrogen functional groups attached to an aromatic ring is 1. The average molecular weight is 286 g/mol. The van der Waals surface area contributed by atoms with Gasteiger partial charge in [-0.1, -0.05) is 17.7 Å². The topological polar surface area (TPSA) is 26.0 Å². The third-order valence-corrected chi connectivity index (χ3v) is 3.64. The Kier molecular flexibility index (Phi) is 4.09. The van der Waals surface area contributed by atoms with Gasteiger partial charge in [-0.2, -0.15) is 0 Å². The van der Waals surface area contributed by atoms with Crippen molar-refractivity contribution in [3.63, 3.8) is 0 Å². The van der Waals surface area contributed by atoms with Crippen molar-refractivity contribution >= 4 is 29.1 Å². The molecule has 94 valence electrons. The molecule has 0 radical (unpaired) electrons. The lowest BCUT2D eigenvalue weighted by Crippen LogP contribution is -1.88. The molecule has 0 aliphatic rings. The average Bonchev–Trinajstić information content (AvgIpc) is 2.29. The second kappa shape index (κ2) is 5.59. The Labute approximate surface area is 113 Å². The van der Waals surface area contributed by atoms with E-state index in [1.165, 1.54) is 36.0 Å². The summed E-state index contributed by atoms with van der Waals surface area (Å²) in [7, 11) is 0. The summed E-state index contributed by atoms with van der Waals surface area (Å²) in [6.45, 7) is 0. The van der Waals surface area contributed by atoms with Crippen molar-refractivity contribution in [3.05, 3.63) is 58.6 Å². The highest BCUT2D eigenvalue weighted by atomic mass is 35.5. The quantitative estimate of drug-likeness (QED) is 0.664. The van der Waals surface area contributed by atoms with Crippen molar-refractivity contribution in [1.29, 1.82) is 0 Å². The first-order valence-corrected chi connectivity index (χ1v) is 6.54. The van der Waals surface area contributed by atoms with Crippen LogP contribution in [0.25, 0.3) is 0 Å². The van der Waals surface area contributed by atoms with Gasteiger partial charge in [-0.25, -0.2) is 8.78 Å². The molecule has 0 unspecified atom stereocenters. The molecule has 2 N–H and O–H groups in total. The molecule has 0 saturated heterocycles. The highest BCUT2D eigenvalue weighted by molar-refractivity contribution is 7.98. The Hall–Kier alpha value is -1.26. The van der Waals surface area contributed by atoms with Gasteiger partial charge < -0.3 is 5.73 Å². The van der Waals surface area contributed by atoms with E-state index >= 15 is 0 Å². The maximum atomic E-state index is 13.2. The van der Waals surface area contributed by atoms with Gasteiger partial charge in [-0.15, -0.1) is 11.8 Å². The summed E-state index contributed by atoms with van der Waals surface area (Å²) in [5.41, 5.74) is 6.70. The van der Waals surface area contributed by atoms with Gasteiger partial charge in [0.25, 0.3) is 0 Å². The van der Waals surface area contributed by atoms with Crippen LogP contribution < -0.4 is 5.73 Å². The van der Waals surface area contributed by atoms with Gasteiger partial charge in [0.05, 0.1) is 5.02 Å². The van der Waals surface area contributed by atoms with E-state index in [1.807, 2.05) is 0 Å². The molecule has 0 atom stereocenters. The molecule has 0 spiro atoms. The molecule has 0 bridgehead atoms. The highest BCUT2D eigenvalue weighted by Gasteiger charge is 2.03. The van der Waals surface area contributed by atoms with Gasteiger partial charge in [0, 0.05) is 16.3 Å². The van der Waals surface area contributed by atoms with Crippen molar-refractivity contribution in [2.75, 3.05) is 5.73 Å². The van der Waals surface area contributed by atoms with Gasteiger partial charge in [0.15, 0.2) is 0 Å². The Morgan fingerprint density at radius 3 is 2.56 bits per heavy atom. The lowest BCUT2D eigenvalue weighted by atomic mass is 10.2. The molecule has 0 aromatic heterocycles. The highest BCUT2D eigenvalue weighted by Crippen LogP contribution is 2.26. The molecule has 0 amide bonds. The zero-order valence-corrected chi connectivity index (χ0v) is 10.9. The third-order valence-electron chi connectivity index (χ3n) is 2.28. The zero-order valence-electron chi connectivity index (χ0n) is 9.29. The molecular formula is C13H10ClF2NS. The number of thioether (sulfide) groups is 1. The maximum absolute atomic E-state index is 13.2. The number of rotatable bonds is 3. The molecular weight excluding hydrogens is 276 g/mol. The minimum absolute atomic E-state index is 0.0961. The van der Waals surface area contributed by atoms with E-state index in [4.69, 9.17) is 17.3 Å². The first-order chi connectivity index (χ1) is 8.54. The van der Waals surface area contributed by atoms with E-state index in [0.29, 0.717) is 16.3 Å². The van der Waals surface area contributed by atoms with Crippen LogP contribution >= 0.6 is 23.4 Å². The summed E-state index contributed by atoms with van der Waals surface area (Å²) < 4.78 is 26.3. The second-order valence-corrected chi connectivity index (χ2v) is 5.21. The standard InChI is InChI=1S/C13H10ClF2NS/c14-12-2-1-8(3-13(12)16)7-18-11-5-9(15)4-10(17)6-11/h1-6H,7,17H2. The van der Waals surface area contributed by atoms with Gasteiger partial charge >= 0.3 is 0 Å². The molecule has 1 nitrogen and oxygen atoms in total. The predicted molar refractivity (Wildman–Crippen MR) is 71.8 cm³/mol. The Bertz CT molecular complexity index is 555. The second-order valence-electron chi connectivity index (χ2n) is 3.76. The molecule has 0 aliphatic heterocycles. The fraction of sp³-hybridized carbons (Fsp3) is 0.0769. The van der Waals surface area contributed by atoms with E-state index in [-0.39, 0.29) is 10.8 Å². The molecule has 2 rings (SSSR count). The Morgan fingerprint density at radius 2 is 1.89 bits per heavy atom. The lowest BCUT2D eigenvalue weighted by Gasteiger charge is -2.04. The minimum Gasteiger partial charge on any atom is -0.399 e. The van der Waals surface area contributed by atoms with Gasteiger partial charge in [0.1, 0.15) is 11.6 Å². The Morgan fingerprint density at radius 1 is 1.11 bits per heavy atom. The number of hydrogen-bond acceptors (Lipinski definition) is 2. The van der Waals surface area contributed by atoms with E-state index in [9.17, 15) is 8.78 Å². The normalized spacial score (nSPS) is 10.6. The Balaban J connectivity index is 2.08. The third kappa shape index (κ3) is 3.37. The van der Waals surface area contributed by atoms with Gasteiger partial charge in [-0.3, -0.25) is 0 Å². The van der Waals surface area contributed by atoms with E-state index in [0.717, 1.165) is 5.56 Å². The first-order valence-electron chi connectivity index (χ1n) is 5.17. The van der Waals surface area contributed by atoms with Crippen LogP contribution in [0.3, 0.4) is 0 Å². The van der Waals surface area contributed by atoms with Crippen molar-refractivity contribution < 1.29 is 8.78 Å². The van der Waals surface area contributed by atoms with E-state index in [1.54, 1.807) is 12.1 Å². The molecule has 2 aromatic carbocycles. The molecule has 0 fully saturated rings. The van der Waals surface area contributed by atoms with Crippen LogP contribution in [0.2, 0.25) is 5.02 Å². The number of halogens is 3. The van der Waals surface area contributed by atoms with E-state index in [2.05, 4.69) is 0 Å². The maximum Gasteiger partial charge on any atom is 0.142 e. The molecule has 0 aliphatic carbocycles. The fourth-order valence-corrected chi connectivity index (χ4v) is 2.51. The van der Waals surface area contributed by atoms with Crippen molar-refractivity contribution in [2.45, 2.75) is 10.6 Å². The molecule has 5 heteroatoms. The van der Waals surface area contributed by atoms with Crippen LogP contribution in [0.15, 0.2) is 41.3 Å². The molecule has 0 saturated carbocycles. The van der Waals surface area contributed by atoms with Crippen LogP contribution in [0.5, 0.6) is 0 Å². The molecule has 2 aromatic rings. The van der Waals surface area contributed by atoms with Crippen LogP contribution in [-0.4, -0.2) is 0 Å². The lowest BCUT2D eigenvalue weighted by molar-refractivity contribution is 0.624. The summed E-state index contributed by atoms with van der Waals surface area (Å²) in [5.74, 6) is -0.301. The summed E-state index contributed by atoms with van der Waals surface area (Å²) in [4.78, 5) is 0.711. The predicted octanol–water partition coefficient (Wildman–Crippen LogP) is 4.49. The van der Waals surface area contributed by atoms with Crippen molar-refractivity contribution in [1.82, 2.24) is 0 Å². The van der Waals surface area contributed by atoms with Crippen LogP contribution in [0, 0.1) is 11.6 Å². The fourth-order valence-electron chi connectivity index (χ4n) is 1.46. The van der Waals surface area contributed by atoms with Gasteiger partial charge in [-0.05, 0) is 35.9 Å². The molecule has 0 heterocycles. The number of benzene rings is 2. The summed E-state index contributed by atoms with van der Waals surface area (Å²) >= 11 is 6.98. The summed E-state index contributed by atoms with van der Waals surface area (Å²) in [6, 6.07) is 8.95. The minimum atomic E-state index is -0.450. The SMILES string of the molecule is Nc1cc(F)cc(SCc2ccc(Cl)c(F)c2)c1.